The first-order valence-electron chi connectivity index (χ1n) is 8.92. The van der Waals surface area contributed by atoms with Gasteiger partial charge in [-0.1, -0.05) is 13.8 Å². The van der Waals surface area contributed by atoms with Crippen molar-refractivity contribution in [2.24, 2.45) is 5.92 Å². The summed E-state index contributed by atoms with van der Waals surface area (Å²) in [5.74, 6) is 0.454. The molecule has 140 valence electrons. The third-order valence-corrected chi connectivity index (χ3v) is 5.59. The summed E-state index contributed by atoms with van der Waals surface area (Å²) in [4.78, 5) is 0. The van der Waals surface area contributed by atoms with Gasteiger partial charge in [0.1, 0.15) is 11.4 Å². The van der Waals surface area contributed by atoms with Crippen LogP contribution in [-0.2, 0) is 15.9 Å². The van der Waals surface area contributed by atoms with E-state index < -0.39 is 24.0 Å². The fraction of sp³-hybridized carbons (Fsp3) is 0.526. The van der Waals surface area contributed by atoms with Crippen LogP contribution < -0.4 is 0 Å². The smallest absolute Gasteiger partial charge is 0.398 e. The van der Waals surface area contributed by atoms with Gasteiger partial charge in [-0.3, -0.25) is 4.68 Å². The zero-order valence-corrected chi connectivity index (χ0v) is 17.1. The van der Waals surface area contributed by atoms with Gasteiger partial charge in [-0.15, -0.1) is 0 Å². The fourth-order valence-electron chi connectivity index (χ4n) is 2.81. The lowest BCUT2D eigenvalue weighted by Gasteiger charge is -2.32. The van der Waals surface area contributed by atoms with Crippen molar-refractivity contribution in [2.45, 2.75) is 59.3 Å². The molecule has 3 heterocycles. The molecule has 1 fully saturated rings. The van der Waals surface area contributed by atoms with Gasteiger partial charge in [0.15, 0.2) is 0 Å². The Morgan fingerprint density at radius 3 is 2.50 bits per heavy atom. The summed E-state index contributed by atoms with van der Waals surface area (Å²) in [6.45, 7) is 12.7. The van der Waals surface area contributed by atoms with Gasteiger partial charge >= 0.3 is 7.12 Å². The molecule has 0 amide bonds. The highest BCUT2D eigenvalue weighted by atomic mass is 32.1. The number of rotatable bonds is 5. The van der Waals surface area contributed by atoms with Crippen molar-refractivity contribution < 1.29 is 13.7 Å². The summed E-state index contributed by atoms with van der Waals surface area (Å²) >= 11 is 1.60. The second-order valence-corrected chi connectivity index (χ2v) is 8.96. The van der Waals surface area contributed by atoms with E-state index in [2.05, 4.69) is 18.9 Å². The van der Waals surface area contributed by atoms with E-state index in [-0.39, 0.29) is 0 Å². The number of aromatic nitrogens is 2. The van der Waals surface area contributed by atoms with Crippen molar-refractivity contribution in [3.05, 3.63) is 34.3 Å². The molecular weight excluding hydrogens is 350 g/mol. The van der Waals surface area contributed by atoms with E-state index in [0.29, 0.717) is 5.92 Å². The molecule has 0 radical (unpaired) electrons. The molecule has 0 N–H and O–H groups in total. The molecule has 0 atom stereocenters. The average molecular weight is 376 g/mol. The highest BCUT2D eigenvalue weighted by Crippen LogP contribution is 2.39. The van der Waals surface area contributed by atoms with Gasteiger partial charge in [0, 0.05) is 29.2 Å². The van der Waals surface area contributed by atoms with Crippen LogP contribution in [0, 0.1) is 5.92 Å². The number of halogens is 1. The van der Waals surface area contributed by atoms with Crippen LogP contribution in [0.3, 0.4) is 0 Å². The highest BCUT2D eigenvalue weighted by Gasteiger charge is 2.53. The van der Waals surface area contributed by atoms with E-state index >= 15 is 0 Å². The predicted molar refractivity (Wildman–Crippen MR) is 106 cm³/mol. The molecule has 0 aromatic carbocycles. The van der Waals surface area contributed by atoms with Crippen molar-refractivity contribution in [2.75, 3.05) is 0 Å². The van der Waals surface area contributed by atoms with Crippen LogP contribution in [-0.4, -0.2) is 28.1 Å². The molecule has 3 rings (SSSR count). The minimum atomic E-state index is -0.997. The molecular formula is C19H26BFN2O2S. The molecule has 1 saturated heterocycles. The molecule has 26 heavy (non-hydrogen) atoms. The Balaban J connectivity index is 1.93. The third kappa shape index (κ3) is 3.80. The molecule has 1 aliphatic heterocycles. The summed E-state index contributed by atoms with van der Waals surface area (Å²) in [7, 11) is -0.997. The Kier molecular flexibility index (Phi) is 5.16. The molecule has 2 aromatic heterocycles. The van der Waals surface area contributed by atoms with Crippen LogP contribution in [0.2, 0.25) is 0 Å². The van der Waals surface area contributed by atoms with Gasteiger partial charge in [0.2, 0.25) is 0 Å². The third-order valence-electron chi connectivity index (χ3n) is 4.91. The zero-order chi connectivity index (χ0) is 19.1. The highest BCUT2D eigenvalue weighted by molar-refractivity contribution is 7.08. The van der Waals surface area contributed by atoms with Crippen molar-refractivity contribution >= 4 is 24.5 Å². The number of nitrogens with zero attached hydrogens (tertiary/aromatic N) is 2. The van der Waals surface area contributed by atoms with Gasteiger partial charge in [-0.25, -0.2) is 4.39 Å². The largest absolute Gasteiger partial charge is 0.525 e. The van der Waals surface area contributed by atoms with E-state index in [0.717, 1.165) is 23.4 Å². The minimum absolute atomic E-state index is 0.441. The van der Waals surface area contributed by atoms with Crippen molar-refractivity contribution in [3.63, 3.8) is 0 Å². The first-order chi connectivity index (χ1) is 12.1. The number of hydrogen-bond donors (Lipinski definition) is 0. The standard InChI is InChI=1S/C19H26BFN2O2S/c1-13(2)10-23-11-15(17(22-23)14-7-8-26-12-14)9-16(21)20-24-18(3,4)19(5,6)25-20/h7-9,11-13H,10H2,1-6H3. The van der Waals surface area contributed by atoms with Crippen LogP contribution in [0.25, 0.3) is 17.3 Å². The van der Waals surface area contributed by atoms with Gasteiger partial charge in [0.05, 0.1) is 11.2 Å². The quantitative estimate of drug-likeness (QED) is 0.672. The summed E-state index contributed by atoms with van der Waals surface area (Å²) in [5.41, 5.74) is 0.923. The van der Waals surface area contributed by atoms with E-state index in [1.54, 1.807) is 11.3 Å². The van der Waals surface area contributed by atoms with Gasteiger partial charge in [-0.05, 0) is 51.1 Å². The minimum Gasteiger partial charge on any atom is -0.398 e. The summed E-state index contributed by atoms with van der Waals surface area (Å²) < 4.78 is 28.4. The summed E-state index contributed by atoms with van der Waals surface area (Å²) in [5, 5.41) is 8.67. The van der Waals surface area contributed by atoms with E-state index in [9.17, 15) is 4.39 Å². The molecule has 0 spiro atoms. The Morgan fingerprint density at radius 1 is 1.31 bits per heavy atom. The summed E-state index contributed by atoms with van der Waals surface area (Å²) in [6, 6.07) is 2.00. The van der Waals surface area contributed by atoms with E-state index in [1.165, 1.54) is 6.08 Å². The lowest BCUT2D eigenvalue weighted by molar-refractivity contribution is 0.00578. The van der Waals surface area contributed by atoms with Crippen molar-refractivity contribution in [1.29, 1.82) is 0 Å². The topological polar surface area (TPSA) is 36.3 Å². The average Bonchev–Trinajstić information content (AvgIpc) is 3.18. The summed E-state index contributed by atoms with van der Waals surface area (Å²) in [6.07, 6.45) is 3.37. The van der Waals surface area contributed by atoms with Gasteiger partial charge in [0.25, 0.3) is 0 Å². The Morgan fingerprint density at radius 2 is 1.96 bits per heavy atom. The molecule has 4 nitrogen and oxygen atoms in total. The monoisotopic (exact) mass is 376 g/mol. The SMILES string of the molecule is CC(C)Cn1cc(C=C(F)B2OC(C)(C)C(C)(C)O2)c(-c2ccsc2)n1. The first-order valence-corrected chi connectivity index (χ1v) is 9.86. The van der Waals surface area contributed by atoms with Crippen LogP contribution in [0.5, 0.6) is 0 Å². The lowest BCUT2D eigenvalue weighted by atomic mass is 9.86. The normalized spacial score (nSPS) is 19.5. The fourth-order valence-corrected chi connectivity index (χ4v) is 3.45. The van der Waals surface area contributed by atoms with Crippen molar-refractivity contribution in [1.82, 2.24) is 9.78 Å². The van der Waals surface area contributed by atoms with Gasteiger partial charge < -0.3 is 9.31 Å². The van der Waals surface area contributed by atoms with Crippen LogP contribution in [0.15, 0.2) is 28.7 Å². The molecule has 2 aromatic rings. The maximum Gasteiger partial charge on any atom is 0.525 e. The number of hydrogen-bond acceptors (Lipinski definition) is 4. The molecule has 1 aliphatic rings. The Hall–Kier alpha value is -1.44. The molecule has 0 aliphatic carbocycles. The van der Waals surface area contributed by atoms with Crippen molar-refractivity contribution in [3.8, 4) is 11.3 Å². The maximum absolute atomic E-state index is 15.0. The molecule has 0 unspecified atom stereocenters. The molecule has 7 heteroatoms. The van der Waals surface area contributed by atoms with E-state index in [1.807, 2.05) is 55.4 Å². The lowest BCUT2D eigenvalue weighted by Crippen LogP contribution is -2.41. The Bertz CT molecular complexity index is 781. The second kappa shape index (κ2) is 6.95. The van der Waals surface area contributed by atoms with Gasteiger partial charge in [-0.2, -0.15) is 16.4 Å². The first kappa shape index (κ1) is 19.3. The van der Waals surface area contributed by atoms with E-state index in [4.69, 9.17) is 9.31 Å². The van der Waals surface area contributed by atoms with Crippen LogP contribution >= 0.6 is 11.3 Å². The Labute approximate surface area is 159 Å². The predicted octanol–water partition coefficient (Wildman–Crippen LogP) is 5.21. The zero-order valence-electron chi connectivity index (χ0n) is 16.2. The second-order valence-electron chi connectivity index (χ2n) is 8.18. The van der Waals surface area contributed by atoms with Crippen LogP contribution in [0.4, 0.5) is 4.39 Å². The maximum atomic E-state index is 15.0. The number of thiophene rings is 1. The molecule has 0 saturated carbocycles. The molecule has 0 bridgehead atoms. The van der Waals surface area contributed by atoms with Crippen LogP contribution in [0.1, 0.15) is 47.1 Å².